The minimum absolute atomic E-state index is 0.0327. The van der Waals surface area contributed by atoms with Crippen molar-refractivity contribution in [2.75, 3.05) is 0 Å². The van der Waals surface area contributed by atoms with Crippen molar-refractivity contribution in [3.63, 3.8) is 0 Å². The zero-order valence-electron chi connectivity index (χ0n) is 15.7. The van der Waals surface area contributed by atoms with Crippen LogP contribution in [0.15, 0.2) is 47.7 Å². The van der Waals surface area contributed by atoms with Gasteiger partial charge < -0.3 is 9.30 Å². The van der Waals surface area contributed by atoms with Crippen LogP contribution in [0.5, 0.6) is 11.5 Å². The van der Waals surface area contributed by atoms with E-state index in [2.05, 4.69) is 15.2 Å². The minimum Gasteiger partial charge on any atom is -0.451 e. The van der Waals surface area contributed by atoms with E-state index in [9.17, 15) is 22.4 Å². The molecule has 32 heavy (non-hydrogen) atoms. The molecule has 0 aliphatic carbocycles. The number of H-pyrrole nitrogens is 1. The third kappa shape index (κ3) is 4.00. The number of rotatable bonds is 4. The fourth-order valence-electron chi connectivity index (χ4n) is 3.08. The topological polar surface area (TPSA) is 96.6 Å². The Kier molecular flexibility index (Phi) is 5.31. The molecule has 7 nitrogen and oxygen atoms in total. The average molecular weight is 464 g/mol. The molecule has 3 aromatic heterocycles. The first kappa shape index (κ1) is 21.3. The van der Waals surface area contributed by atoms with E-state index < -0.39 is 28.9 Å². The Hall–Kier alpha value is -3.91. The van der Waals surface area contributed by atoms with Crippen molar-refractivity contribution in [3.8, 4) is 17.6 Å². The van der Waals surface area contributed by atoms with Crippen molar-refractivity contribution in [3.05, 3.63) is 80.9 Å². The number of hydrogen-bond donors (Lipinski definition) is 1. The molecule has 12 heteroatoms. The Balaban J connectivity index is 1.82. The third-order valence-corrected chi connectivity index (χ3v) is 4.69. The number of aromatic nitrogens is 4. The molecule has 0 radical (unpaired) electrons. The fourth-order valence-corrected chi connectivity index (χ4v) is 3.31. The molecule has 4 rings (SSSR count). The van der Waals surface area contributed by atoms with Crippen molar-refractivity contribution in [2.45, 2.75) is 12.7 Å². The molecular weight excluding hydrogens is 454 g/mol. The Morgan fingerprint density at radius 3 is 2.75 bits per heavy atom. The van der Waals surface area contributed by atoms with Gasteiger partial charge in [-0.3, -0.25) is 14.9 Å². The molecule has 0 spiro atoms. The average Bonchev–Trinajstić information content (AvgIpc) is 3.14. The number of pyridine rings is 2. The SMILES string of the molecule is N#Cc1cc(Cl)cc(Oc2c(C(F)(F)F)ccn(Cc3[nH]nc4cncc(F)c34)c2=O)c1. The lowest BCUT2D eigenvalue weighted by molar-refractivity contribution is -0.138. The zero-order valence-corrected chi connectivity index (χ0v) is 16.5. The first-order valence-electron chi connectivity index (χ1n) is 8.83. The lowest BCUT2D eigenvalue weighted by Crippen LogP contribution is -2.25. The maximum atomic E-state index is 14.2. The molecule has 1 N–H and O–H groups in total. The van der Waals surface area contributed by atoms with E-state index in [1.54, 1.807) is 6.07 Å². The van der Waals surface area contributed by atoms with Crippen LogP contribution in [0.1, 0.15) is 16.8 Å². The summed E-state index contributed by atoms with van der Waals surface area (Å²) in [6.07, 6.45) is -1.73. The molecule has 0 bridgehead atoms. The quantitative estimate of drug-likeness (QED) is 0.445. The molecule has 0 fully saturated rings. The zero-order chi connectivity index (χ0) is 23.0. The second kappa shape index (κ2) is 7.97. The number of fused-ring (bicyclic) bond motifs is 1. The lowest BCUT2D eigenvalue weighted by Gasteiger charge is -2.15. The van der Waals surface area contributed by atoms with Crippen LogP contribution in [0, 0.1) is 17.1 Å². The number of halogens is 5. The number of nitriles is 1. The number of aromatic amines is 1. The number of hydrogen-bond acceptors (Lipinski definition) is 5. The molecule has 0 atom stereocenters. The van der Waals surface area contributed by atoms with Crippen molar-refractivity contribution in [1.29, 1.82) is 5.26 Å². The summed E-state index contributed by atoms with van der Waals surface area (Å²) in [7, 11) is 0. The Morgan fingerprint density at radius 2 is 2.03 bits per heavy atom. The van der Waals surface area contributed by atoms with Gasteiger partial charge in [-0.15, -0.1) is 0 Å². The molecule has 162 valence electrons. The summed E-state index contributed by atoms with van der Waals surface area (Å²) >= 11 is 5.87. The van der Waals surface area contributed by atoms with E-state index in [0.717, 1.165) is 23.0 Å². The molecule has 0 unspecified atom stereocenters. The first-order valence-corrected chi connectivity index (χ1v) is 9.21. The van der Waals surface area contributed by atoms with Gasteiger partial charge in [-0.25, -0.2) is 4.39 Å². The number of alkyl halides is 3. The molecule has 4 aromatic rings. The van der Waals surface area contributed by atoms with Crippen molar-refractivity contribution < 1.29 is 22.3 Å². The van der Waals surface area contributed by atoms with Gasteiger partial charge in [-0.2, -0.15) is 23.5 Å². The summed E-state index contributed by atoms with van der Waals surface area (Å²) in [5.74, 6) is -1.94. The maximum absolute atomic E-state index is 14.2. The van der Waals surface area contributed by atoms with Gasteiger partial charge in [0.25, 0.3) is 5.56 Å². The van der Waals surface area contributed by atoms with Crippen LogP contribution in [-0.2, 0) is 12.7 Å². The monoisotopic (exact) mass is 463 g/mol. The molecule has 1 aromatic carbocycles. The van der Waals surface area contributed by atoms with Crippen LogP contribution < -0.4 is 10.3 Å². The summed E-state index contributed by atoms with van der Waals surface area (Å²) in [6, 6.07) is 6.07. The predicted octanol–water partition coefficient (Wildman–Crippen LogP) is 4.64. The number of nitrogens with zero attached hydrogens (tertiary/aromatic N) is 4. The fraction of sp³-hybridized carbons (Fsp3) is 0.100. The molecule has 0 amide bonds. The van der Waals surface area contributed by atoms with Crippen LogP contribution in [-0.4, -0.2) is 19.7 Å². The standard InChI is InChI=1S/C20H10ClF4N5O2/c21-11-3-10(6-26)4-12(5-11)32-18-13(20(23,24)25)1-2-30(19(18)31)9-16-17-14(22)7-27-8-15(17)28-29-16/h1-5,7-8H,9H2,(H,28,29). The lowest BCUT2D eigenvalue weighted by atomic mass is 10.2. The van der Waals surface area contributed by atoms with E-state index in [1.807, 2.05) is 0 Å². The summed E-state index contributed by atoms with van der Waals surface area (Å²) in [5, 5.41) is 15.6. The highest BCUT2D eigenvalue weighted by Gasteiger charge is 2.36. The molecular formula is C20H10ClF4N5O2. The normalized spacial score (nSPS) is 11.5. The molecule has 0 saturated heterocycles. The summed E-state index contributed by atoms with van der Waals surface area (Å²) < 4.78 is 61.0. The highest BCUT2D eigenvalue weighted by molar-refractivity contribution is 6.30. The van der Waals surface area contributed by atoms with E-state index >= 15 is 0 Å². The van der Waals surface area contributed by atoms with Crippen molar-refractivity contribution >= 4 is 22.5 Å². The van der Waals surface area contributed by atoms with E-state index in [0.29, 0.717) is 6.07 Å². The third-order valence-electron chi connectivity index (χ3n) is 4.47. The van der Waals surface area contributed by atoms with E-state index in [1.165, 1.54) is 18.3 Å². The van der Waals surface area contributed by atoms with Crippen LogP contribution in [0.4, 0.5) is 17.6 Å². The Labute approximate surface area is 181 Å². The second-order valence-electron chi connectivity index (χ2n) is 6.60. The molecule has 0 saturated carbocycles. The van der Waals surface area contributed by atoms with Gasteiger partial charge >= 0.3 is 6.18 Å². The van der Waals surface area contributed by atoms with E-state index in [4.69, 9.17) is 21.6 Å². The largest absolute Gasteiger partial charge is 0.451 e. The van der Waals surface area contributed by atoms with Crippen LogP contribution in [0.2, 0.25) is 5.02 Å². The minimum atomic E-state index is -4.90. The highest BCUT2D eigenvalue weighted by atomic mass is 35.5. The van der Waals surface area contributed by atoms with Gasteiger partial charge in [0.15, 0.2) is 5.82 Å². The number of benzene rings is 1. The molecule has 3 heterocycles. The van der Waals surface area contributed by atoms with Crippen LogP contribution in [0.25, 0.3) is 10.9 Å². The number of ether oxygens (including phenoxy) is 1. The Bertz CT molecular complexity index is 1440. The van der Waals surface area contributed by atoms with Gasteiger partial charge in [-0.05, 0) is 24.3 Å². The van der Waals surface area contributed by atoms with Gasteiger partial charge in [0.1, 0.15) is 16.8 Å². The molecule has 0 aliphatic rings. The van der Waals surface area contributed by atoms with Gasteiger partial charge in [-0.1, -0.05) is 11.6 Å². The maximum Gasteiger partial charge on any atom is 0.420 e. The van der Waals surface area contributed by atoms with Crippen molar-refractivity contribution in [2.24, 2.45) is 0 Å². The Morgan fingerprint density at radius 1 is 1.25 bits per heavy atom. The smallest absolute Gasteiger partial charge is 0.420 e. The summed E-state index contributed by atoms with van der Waals surface area (Å²) in [6.45, 7) is -0.316. The second-order valence-corrected chi connectivity index (χ2v) is 7.03. The van der Waals surface area contributed by atoms with Gasteiger partial charge in [0.2, 0.25) is 5.75 Å². The predicted molar refractivity (Wildman–Crippen MR) is 105 cm³/mol. The summed E-state index contributed by atoms with van der Waals surface area (Å²) in [4.78, 5) is 16.6. The summed E-state index contributed by atoms with van der Waals surface area (Å²) in [5.41, 5.74) is -2.07. The highest BCUT2D eigenvalue weighted by Crippen LogP contribution is 2.36. The first-order chi connectivity index (χ1) is 15.2. The van der Waals surface area contributed by atoms with Crippen LogP contribution in [0.3, 0.4) is 0 Å². The van der Waals surface area contributed by atoms with Crippen LogP contribution >= 0.6 is 11.6 Å². The number of nitrogens with one attached hydrogen (secondary N) is 1. The van der Waals surface area contributed by atoms with E-state index in [-0.39, 0.29) is 39.5 Å². The molecule has 0 aliphatic heterocycles. The van der Waals surface area contributed by atoms with Crippen molar-refractivity contribution in [1.82, 2.24) is 19.7 Å². The van der Waals surface area contributed by atoms with Gasteiger partial charge in [0.05, 0.1) is 41.7 Å². The van der Waals surface area contributed by atoms with Gasteiger partial charge in [0, 0.05) is 11.2 Å².